The summed E-state index contributed by atoms with van der Waals surface area (Å²) >= 11 is 1.02. The number of alkyl halides is 3. The van der Waals surface area contributed by atoms with Crippen molar-refractivity contribution < 1.29 is 22.4 Å². The average molecular weight is 274 g/mol. The van der Waals surface area contributed by atoms with Gasteiger partial charge < -0.3 is 0 Å². The maximum atomic E-state index is 13.6. The number of benzene rings is 1. The van der Waals surface area contributed by atoms with Crippen molar-refractivity contribution >= 4 is 17.6 Å². The van der Waals surface area contributed by atoms with E-state index in [-0.39, 0.29) is 5.56 Å². The van der Waals surface area contributed by atoms with E-state index in [0.29, 0.717) is 22.1 Å². The van der Waals surface area contributed by atoms with Crippen LogP contribution < -0.4 is 0 Å². The van der Waals surface area contributed by atoms with E-state index < -0.39 is 17.6 Å². The van der Waals surface area contributed by atoms with Gasteiger partial charge in [-0.3, -0.25) is 4.79 Å². The van der Waals surface area contributed by atoms with Crippen LogP contribution in [-0.4, -0.2) is 6.29 Å². The molecule has 6 heteroatoms. The van der Waals surface area contributed by atoms with Gasteiger partial charge in [0.2, 0.25) is 0 Å². The summed E-state index contributed by atoms with van der Waals surface area (Å²) in [6.07, 6.45) is -3.96. The highest BCUT2D eigenvalue weighted by Gasteiger charge is 2.31. The lowest BCUT2D eigenvalue weighted by Gasteiger charge is -2.08. The third-order valence-corrected chi connectivity index (χ3v) is 3.35. The Balaban J connectivity index is 2.44. The van der Waals surface area contributed by atoms with E-state index >= 15 is 0 Å². The van der Waals surface area contributed by atoms with E-state index in [2.05, 4.69) is 0 Å². The second kappa shape index (κ2) is 4.53. The summed E-state index contributed by atoms with van der Waals surface area (Å²) in [6.45, 7) is 0. The highest BCUT2D eigenvalue weighted by atomic mass is 32.1. The molecule has 1 aromatic heterocycles. The van der Waals surface area contributed by atoms with Crippen molar-refractivity contribution in [3.8, 4) is 10.4 Å². The van der Waals surface area contributed by atoms with E-state index in [4.69, 9.17) is 0 Å². The molecule has 1 aromatic carbocycles. The number of thiophene rings is 1. The summed E-state index contributed by atoms with van der Waals surface area (Å²) in [7, 11) is 0. The van der Waals surface area contributed by atoms with Gasteiger partial charge >= 0.3 is 6.18 Å². The Morgan fingerprint density at radius 1 is 1.11 bits per heavy atom. The van der Waals surface area contributed by atoms with Gasteiger partial charge in [-0.15, -0.1) is 11.3 Å². The van der Waals surface area contributed by atoms with Crippen LogP contribution in [0.5, 0.6) is 0 Å². The highest BCUT2D eigenvalue weighted by Crippen LogP contribution is 2.34. The van der Waals surface area contributed by atoms with Crippen LogP contribution in [0.15, 0.2) is 30.3 Å². The molecule has 0 aliphatic carbocycles. The van der Waals surface area contributed by atoms with Crippen molar-refractivity contribution in [1.82, 2.24) is 0 Å². The molecule has 0 amide bonds. The van der Waals surface area contributed by atoms with Gasteiger partial charge in [0, 0.05) is 10.4 Å². The van der Waals surface area contributed by atoms with Crippen molar-refractivity contribution in [3.05, 3.63) is 46.6 Å². The fourth-order valence-corrected chi connectivity index (χ4v) is 2.30. The van der Waals surface area contributed by atoms with Gasteiger partial charge in [0.1, 0.15) is 5.82 Å². The molecule has 94 valence electrons. The zero-order chi connectivity index (χ0) is 13.3. The minimum Gasteiger partial charge on any atom is -0.297 e. The fraction of sp³-hybridized carbons (Fsp3) is 0.0833. The van der Waals surface area contributed by atoms with E-state index in [9.17, 15) is 22.4 Å². The molecule has 0 aliphatic rings. The normalized spacial score (nSPS) is 11.6. The molecular formula is C12H6F4OS. The molecular weight excluding hydrogens is 268 g/mol. The molecule has 2 aromatic rings. The third-order valence-electron chi connectivity index (χ3n) is 2.30. The number of rotatable bonds is 2. The number of hydrogen-bond donors (Lipinski definition) is 0. The lowest BCUT2D eigenvalue weighted by Crippen LogP contribution is -2.05. The van der Waals surface area contributed by atoms with Gasteiger partial charge in [-0.05, 0) is 24.3 Å². The van der Waals surface area contributed by atoms with E-state index in [1.54, 1.807) is 0 Å². The second-order valence-corrected chi connectivity index (χ2v) is 4.63. The summed E-state index contributed by atoms with van der Waals surface area (Å²) in [5, 5.41) is 0. The Hall–Kier alpha value is -1.69. The van der Waals surface area contributed by atoms with Crippen LogP contribution in [0.3, 0.4) is 0 Å². The first-order valence-electron chi connectivity index (χ1n) is 4.84. The SMILES string of the molecule is O=Cc1ccc(-c2ccc(C(F)(F)F)cc2F)s1. The molecule has 1 nitrogen and oxygen atoms in total. The van der Waals surface area contributed by atoms with Gasteiger partial charge in [-0.1, -0.05) is 6.07 Å². The van der Waals surface area contributed by atoms with Crippen molar-refractivity contribution in [1.29, 1.82) is 0 Å². The molecule has 1 heterocycles. The Bertz CT molecular complexity index is 586. The topological polar surface area (TPSA) is 17.1 Å². The van der Waals surface area contributed by atoms with Crippen LogP contribution in [0.25, 0.3) is 10.4 Å². The number of halogens is 4. The zero-order valence-corrected chi connectivity index (χ0v) is 9.61. The smallest absolute Gasteiger partial charge is 0.297 e. The fourth-order valence-electron chi connectivity index (χ4n) is 1.45. The van der Waals surface area contributed by atoms with Crippen LogP contribution in [0, 0.1) is 5.82 Å². The lowest BCUT2D eigenvalue weighted by molar-refractivity contribution is -0.137. The summed E-state index contributed by atoms with van der Waals surface area (Å²) in [5.41, 5.74) is -0.975. The summed E-state index contributed by atoms with van der Waals surface area (Å²) < 4.78 is 50.6. The lowest BCUT2D eigenvalue weighted by atomic mass is 10.1. The molecule has 0 unspecified atom stereocenters. The minimum atomic E-state index is -4.57. The van der Waals surface area contributed by atoms with Gasteiger partial charge in [0.25, 0.3) is 0 Å². The zero-order valence-electron chi connectivity index (χ0n) is 8.79. The van der Waals surface area contributed by atoms with Gasteiger partial charge in [-0.25, -0.2) is 4.39 Å². The monoisotopic (exact) mass is 274 g/mol. The molecule has 0 atom stereocenters. The van der Waals surface area contributed by atoms with Crippen LogP contribution in [0.2, 0.25) is 0 Å². The van der Waals surface area contributed by atoms with Crippen LogP contribution in [0.1, 0.15) is 15.2 Å². The molecule has 0 aliphatic heterocycles. The van der Waals surface area contributed by atoms with Gasteiger partial charge in [-0.2, -0.15) is 13.2 Å². The van der Waals surface area contributed by atoms with Crippen LogP contribution in [-0.2, 0) is 6.18 Å². The van der Waals surface area contributed by atoms with Crippen LogP contribution >= 0.6 is 11.3 Å². The third kappa shape index (κ3) is 2.43. The molecule has 0 bridgehead atoms. The summed E-state index contributed by atoms with van der Waals surface area (Å²) in [5.74, 6) is -0.955. The molecule has 2 rings (SSSR count). The standard InChI is InChI=1S/C12H6F4OS/c13-10-5-7(12(14,15)16)1-3-9(10)11-4-2-8(6-17)18-11/h1-6H. The average Bonchev–Trinajstić information content (AvgIpc) is 2.76. The second-order valence-electron chi connectivity index (χ2n) is 3.51. The summed E-state index contributed by atoms with van der Waals surface area (Å²) in [6, 6.07) is 5.33. The number of hydrogen-bond acceptors (Lipinski definition) is 2. The van der Waals surface area contributed by atoms with Crippen LogP contribution in [0.4, 0.5) is 17.6 Å². The maximum absolute atomic E-state index is 13.6. The molecule has 0 saturated carbocycles. The molecule has 18 heavy (non-hydrogen) atoms. The molecule has 0 N–H and O–H groups in total. The molecule has 0 fully saturated rings. The molecule has 0 radical (unpaired) electrons. The van der Waals surface area contributed by atoms with E-state index in [1.165, 1.54) is 12.1 Å². The molecule has 0 spiro atoms. The van der Waals surface area contributed by atoms with Crippen molar-refractivity contribution in [2.24, 2.45) is 0 Å². The maximum Gasteiger partial charge on any atom is 0.416 e. The van der Waals surface area contributed by atoms with E-state index in [0.717, 1.165) is 23.5 Å². The van der Waals surface area contributed by atoms with Crippen molar-refractivity contribution in [3.63, 3.8) is 0 Å². The quantitative estimate of drug-likeness (QED) is 0.586. The van der Waals surface area contributed by atoms with Crippen molar-refractivity contribution in [2.45, 2.75) is 6.18 Å². The minimum absolute atomic E-state index is 0.0566. The number of carbonyl (C=O) groups is 1. The largest absolute Gasteiger partial charge is 0.416 e. The predicted octanol–water partition coefficient (Wildman–Crippen LogP) is 4.39. The summed E-state index contributed by atoms with van der Waals surface area (Å²) in [4.78, 5) is 11.3. The Morgan fingerprint density at radius 2 is 1.83 bits per heavy atom. The predicted molar refractivity (Wildman–Crippen MR) is 60.1 cm³/mol. The van der Waals surface area contributed by atoms with Gasteiger partial charge in [0.05, 0.1) is 10.4 Å². The number of aldehydes is 1. The first kappa shape index (κ1) is 12.8. The number of carbonyl (C=O) groups excluding carboxylic acids is 1. The first-order valence-corrected chi connectivity index (χ1v) is 5.65. The van der Waals surface area contributed by atoms with Gasteiger partial charge in [0.15, 0.2) is 6.29 Å². The Labute approximate surface area is 104 Å². The Kier molecular flexibility index (Phi) is 3.21. The first-order chi connectivity index (χ1) is 8.41. The van der Waals surface area contributed by atoms with E-state index in [1.807, 2.05) is 0 Å². The Morgan fingerprint density at radius 3 is 2.33 bits per heavy atom. The highest BCUT2D eigenvalue weighted by molar-refractivity contribution is 7.17. The van der Waals surface area contributed by atoms with Crippen molar-refractivity contribution in [2.75, 3.05) is 0 Å². The molecule has 0 saturated heterocycles.